The Balaban J connectivity index is 1.75. The fourth-order valence-corrected chi connectivity index (χ4v) is 3.31. The smallest absolute Gasteiger partial charge is 0.306 e. The summed E-state index contributed by atoms with van der Waals surface area (Å²) in [5, 5.41) is 14.7. The summed E-state index contributed by atoms with van der Waals surface area (Å²) in [7, 11) is 0. The van der Waals surface area contributed by atoms with E-state index in [1.807, 2.05) is 48.5 Å². The van der Waals surface area contributed by atoms with E-state index in [0.29, 0.717) is 5.69 Å². The van der Waals surface area contributed by atoms with Gasteiger partial charge < -0.3 is 5.32 Å². The number of carbonyl (C=O) groups excluding carboxylic acids is 1. The van der Waals surface area contributed by atoms with Gasteiger partial charge in [0, 0.05) is 15.3 Å². The van der Waals surface area contributed by atoms with Crippen LogP contribution in [0.1, 0.15) is 17.8 Å². The molecule has 0 aliphatic heterocycles. The van der Waals surface area contributed by atoms with Crippen LogP contribution in [0.15, 0.2) is 60.7 Å². The molecule has 4 nitrogen and oxygen atoms in total. The predicted molar refractivity (Wildman–Crippen MR) is 89.3 cm³/mol. The number of benzene rings is 2. The molecular weight excluding hydrogens is 296 g/mol. The molecule has 22 heavy (non-hydrogen) atoms. The standard InChI is InChI=1S/C17H16N2O2S/c1-12(16-11-13-7-5-6-10-15(13)22-16)19(21)17(20)18-14-8-3-2-4-9-14/h2-12,21H,1H3,(H,18,20). The number of fused-ring (bicyclic) bond motifs is 1. The van der Waals surface area contributed by atoms with Crippen LogP contribution in [-0.2, 0) is 0 Å². The number of para-hydroxylation sites is 1. The van der Waals surface area contributed by atoms with Crippen molar-refractivity contribution in [2.75, 3.05) is 5.32 Å². The fraction of sp³-hybridized carbons (Fsp3) is 0.118. The normalized spacial score (nSPS) is 12.1. The lowest BCUT2D eigenvalue weighted by molar-refractivity contribution is -0.0680. The number of thiophene rings is 1. The van der Waals surface area contributed by atoms with Gasteiger partial charge in [0.2, 0.25) is 0 Å². The topological polar surface area (TPSA) is 52.6 Å². The van der Waals surface area contributed by atoms with Crippen LogP contribution in [0.25, 0.3) is 10.1 Å². The van der Waals surface area contributed by atoms with Crippen molar-refractivity contribution in [3.05, 3.63) is 65.5 Å². The van der Waals surface area contributed by atoms with Crippen molar-refractivity contribution >= 4 is 33.1 Å². The first-order valence-corrected chi connectivity index (χ1v) is 7.79. The molecule has 0 fully saturated rings. The SMILES string of the molecule is CC(c1cc2ccccc2s1)N(O)C(=O)Nc1ccccc1. The molecule has 5 heteroatoms. The number of nitrogens with zero attached hydrogens (tertiary/aromatic N) is 1. The van der Waals surface area contributed by atoms with Crippen molar-refractivity contribution in [2.45, 2.75) is 13.0 Å². The van der Waals surface area contributed by atoms with E-state index in [0.717, 1.165) is 20.0 Å². The Morgan fingerprint density at radius 2 is 1.82 bits per heavy atom. The van der Waals surface area contributed by atoms with Gasteiger partial charge in [-0.15, -0.1) is 11.3 Å². The number of amides is 2. The third-order valence-corrected chi connectivity index (χ3v) is 4.74. The van der Waals surface area contributed by atoms with E-state index in [1.165, 1.54) is 0 Å². The van der Waals surface area contributed by atoms with Gasteiger partial charge in [0.15, 0.2) is 0 Å². The number of hydrogen-bond donors (Lipinski definition) is 2. The van der Waals surface area contributed by atoms with Crippen LogP contribution in [0.3, 0.4) is 0 Å². The van der Waals surface area contributed by atoms with Gasteiger partial charge in [0.1, 0.15) is 0 Å². The largest absolute Gasteiger partial charge is 0.346 e. The first kappa shape index (κ1) is 14.6. The van der Waals surface area contributed by atoms with Crippen LogP contribution in [0.5, 0.6) is 0 Å². The van der Waals surface area contributed by atoms with E-state index >= 15 is 0 Å². The van der Waals surface area contributed by atoms with Crippen molar-refractivity contribution in [3.63, 3.8) is 0 Å². The van der Waals surface area contributed by atoms with Gasteiger partial charge in [0.25, 0.3) is 0 Å². The molecule has 3 aromatic rings. The van der Waals surface area contributed by atoms with E-state index < -0.39 is 12.1 Å². The quantitative estimate of drug-likeness (QED) is 0.534. The summed E-state index contributed by atoms with van der Waals surface area (Å²) >= 11 is 1.58. The Morgan fingerprint density at radius 3 is 2.55 bits per heavy atom. The minimum absolute atomic E-state index is 0.416. The molecule has 0 aliphatic rings. The summed E-state index contributed by atoms with van der Waals surface area (Å²) in [6.45, 7) is 1.80. The second kappa shape index (κ2) is 6.17. The molecule has 0 aliphatic carbocycles. The summed E-state index contributed by atoms with van der Waals surface area (Å²) in [6.07, 6.45) is 0. The number of rotatable bonds is 3. The Bertz CT molecular complexity index is 752. The number of nitrogens with one attached hydrogen (secondary N) is 1. The van der Waals surface area contributed by atoms with Gasteiger partial charge in [0.05, 0.1) is 6.04 Å². The zero-order valence-corrected chi connectivity index (χ0v) is 12.9. The van der Waals surface area contributed by atoms with E-state index in [4.69, 9.17) is 0 Å². The lowest BCUT2D eigenvalue weighted by Crippen LogP contribution is -2.33. The number of hydrogen-bond acceptors (Lipinski definition) is 3. The maximum absolute atomic E-state index is 12.1. The minimum atomic E-state index is -0.545. The van der Waals surface area contributed by atoms with Crippen LogP contribution in [0.4, 0.5) is 10.5 Å². The molecule has 112 valence electrons. The molecule has 2 amide bonds. The lowest BCUT2D eigenvalue weighted by atomic mass is 10.2. The second-order valence-corrected chi connectivity index (χ2v) is 6.12. The van der Waals surface area contributed by atoms with Gasteiger partial charge >= 0.3 is 6.03 Å². The number of urea groups is 1. The maximum Gasteiger partial charge on any atom is 0.346 e. The summed E-state index contributed by atoms with van der Waals surface area (Å²) < 4.78 is 1.14. The second-order valence-electron chi connectivity index (χ2n) is 5.00. The highest BCUT2D eigenvalue weighted by molar-refractivity contribution is 7.19. The molecule has 1 heterocycles. The van der Waals surface area contributed by atoms with Crippen molar-refractivity contribution in [1.82, 2.24) is 5.06 Å². The van der Waals surface area contributed by atoms with Crippen LogP contribution < -0.4 is 5.32 Å². The van der Waals surface area contributed by atoms with Crippen LogP contribution in [0, 0.1) is 0 Å². The number of anilines is 1. The van der Waals surface area contributed by atoms with E-state index in [9.17, 15) is 10.0 Å². The number of carbonyl (C=O) groups is 1. The van der Waals surface area contributed by atoms with Crippen LogP contribution >= 0.6 is 11.3 Å². The molecule has 3 rings (SSSR count). The highest BCUT2D eigenvalue weighted by Gasteiger charge is 2.21. The third kappa shape index (κ3) is 2.95. The maximum atomic E-state index is 12.1. The summed E-state index contributed by atoms with van der Waals surface area (Å²) in [5.74, 6) is 0. The summed E-state index contributed by atoms with van der Waals surface area (Å²) in [6, 6.07) is 18.1. The molecular formula is C17H16N2O2S. The molecule has 0 spiro atoms. The van der Waals surface area contributed by atoms with Gasteiger partial charge in [-0.2, -0.15) is 5.06 Å². The minimum Gasteiger partial charge on any atom is -0.306 e. The Labute approximate surface area is 132 Å². The molecule has 2 aromatic carbocycles. The molecule has 0 saturated carbocycles. The van der Waals surface area contributed by atoms with Gasteiger partial charge in [-0.1, -0.05) is 36.4 Å². The zero-order chi connectivity index (χ0) is 15.5. The lowest BCUT2D eigenvalue weighted by Gasteiger charge is -2.21. The molecule has 0 saturated heterocycles. The van der Waals surface area contributed by atoms with Gasteiger partial charge in [-0.25, -0.2) is 4.79 Å². The van der Waals surface area contributed by atoms with E-state index in [1.54, 1.807) is 30.4 Å². The van der Waals surface area contributed by atoms with Crippen LogP contribution in [0.2, 0.25) is 0 Å². The van der Waals surface area contributed by atoms with Gasteiger partial charge in [-0.05, 0) is 36.6 Å². The average Bonchev–Trinajstić information content (AvgIpc) is 2.98. The van der Waals surface area contributed by atoms with Crippen LogP contribution in [-0.4, -0.2) is 16.3 Å². The molecule has 1 unspecified atom stereocenters. The molecule has 0 bridgehead atoms. The molecule has 2 N–H and O–H groups in total. The summed E-state index contributed by atoms with van der Waals surface area (Å²) in [5.41, 5.74) is 0.648. The monoisotopic (exact) mass is 312 g/mol. The molecule has 1 atom stereocenters. The predicted octanol–water partition coefficient (Wildman–Crippen LogP) is 4.89. The Kier molecular flexibility index (Phi) is 4.09. The zero-order valence-electron chi connectivity index (χ0n) is 12.1. The fourth-order valence-electron chi connectivity index (χ4n) is 2.21. The third-order valence-electron chi connectivity index (χ3n) is 3.46. The average molecular weight is 312 g/mol. The first-order chi connectivity index (χ1) is 10.6. The summed E-state index contributed by atoms with van der Waals surface area (Å²) in [4.78, 5) is 13.0. The van der Waals surface area contributed by atoms with Crippen molar-refractivity contribution in [2.24, 2.45) is 0 Å². The van der Waals surface area contributed by atoms with E-state index in [2.05, 4.69) is 5.32 Å². The van der Waals surface area contributed by atoms with Gasteiger partial charge in [-0.3, -0.25) is 5.21 Å². The Morgan fingerprint density at radius 1 is 1.14 bits per heavy atom. The van der Waals surface area contributed by atoms with Crippen molar-refractivity contribution in [3.8, 4) is 0 Å². The highest BCUT2D eigenvalue weighted by atomic mass is 32.1. The highest BCUT2D eigenvalue weighted by Crippen LogP contribution is 2.32. The Hall–Kier alpha value is -2.37. The first-order valence-electron chi connectivity index (χ1n) is 6.98. The van der Waals surface area contributed by atoms with E-state index in [-0.39, 0.29) is 0 Å². The number of hydroxylamine groups is 2. The van der Waals surface area contributed by atoms with Crippen molar-refractivity contribution < 1.29 is 10.0 Å². The molecule has 0 radical (unpaired) electrons. The molecule has 1 aromatic heterocycles. The van der Waals surface area contributed by atoms with Crippen molar-refractivity contribution in [1.29, 1.82) is 0 Å².